The Kier molecular flexibility index (Phi) is 6.16. The number of hydrogen-bond donors (Lipinski definition) is 2. The molecule has 0 aliphatic carbocycles. The molecule has 0 bridgehead atoms. The van der Waals surface area contributed by atoms with E-state index in [0.29, 0.717) is 6.54 Å². The molecule has 0 spiro atoms. The summed E-state index contributed by atoms with van der Waals surface area (Å²) in [6, 6.07) is 7.43. The fourth-order valence-corrected chi connectivity index (χ4v) is 2.65. The molecule has 2 aromatic rings. The number of aromatic amines is 1. The second-order valence-electron chi connectivity index (χ2n) is 4.74. The van der Waals surface area contributed by atoms with Crippen LogP contribution in [0, 0.1) is 5.82 Å². The van der Waals surface area contributed by atoms with Gasteiger partial charge in [-0.3, -0.25) is 19.1 Å². The lowest BCUT2D eigenvalue weighted by molar-refractivity contribution is -0.121. The van der Waals surface area contributed by atoms with Crippen molar-refractivity contribution in [1.29, 1.82) is 0 Å². The van der Waals surface area contributed by atoms with Gasteiger partial charge in [0.15, 0.2) is 0 Å². The van der Waals surface area contributed by atoms with Crippen LogP contribution in [-0.2, 0) is 11.3 Å². The van der Waals surface area contributed by atoms with Gasteiger partial charge in [0.1, 0.15) is 12.4 Å². The molecule has 0 saturated carbocycles. The number of carbonyl (C=O) groups excluding carboxylic acids is 1. The Morgan fingerprint density at radius 1 is 1.22 bits per heavy atom. The van der Waals surface area contributed by atoms with Crippen molar-refractivity contribution < 1.29 is 9.18 Å². The van der Waals surface area contributed by atoms with E-state index < -0.39 is 11.2 Å². The minimum Gasteiger partial charge on any atom is -0.355 e. The van der Waals surface area contributed by atoms with Crippen molar-refractivity contribution in [2.75, 3.05) is 12.3 Å². The number of hydrogen-bond acceptors (Lipinski definition) is 4. The number of rotatable bonds is 7. The number of thioether (sulfide) groups is 1. The van der Waals surface area contributed by atoms with Gasteiger partial charge in [0.25, 0.3) is 5.56 Å². The van der Waals surface area contributed by atoms with Crippen molar-refractivity contribution in [3.05, 3.63) is 63.2 Å². The number of carbonyl (C=O) groups is 1. The minimum atomic E-state index is -0.612. The van der Waals surface area contributed by atoms with Crippen LogP contribution in [0.4, 0.5) is 4.39 Å². The van der Waals surface area contributed by atoms with E-state index in [1.54, 1.807) is 23.9 Å². The monoisotopic (exact) mass is 337 g/mol. The zero-order chi connectivity index (χ0) is 16.7. The van der Waals surface area contributed by atoms with Crippen molar-refractivity contribution in [2.45, 2.75) is 17.9 Å². The van der Waals surface area contributed by atoms with Crippen LogP contribution in [0.2, 0.25) is 0 Å². The highest BCUT2D eigenvalue weighted by molar-refractivity contribution is 7.99. The van der Waals surface area contributed by atoms with E-state index in [-0.39, 0.29) is 18.3 Å². The summed E-state index contributed by atoms with van der Waals surface area (Å²) >= 11 is 1.58. The summed E-state index contributed by atoms with van der Waals surface area (Å²) in [5.41, 5.74) is -1.11. The second-order valence-corrected chi connectivity index (χ2v) is 5.91. The first-order valence-electron chi connectivity index (χ1n) is 6.99. The molecule has 0 aliphatic heterocycles. The zero-order valence-electron chi connectivity index (χ0n) is 12.3. The van der Waals surface area contributed by atoms with Gasteiger partial charge in [0.05, 0.1) is 0 Å². The van der Waals surface area contributed by atoms with E-state index in [0.717, 1.165) is 21.6 Å². The van der Waals surface area contributed by atoms with Crippen molar-refractivity contribution in [2.24, 2.45) is 0 Å². The lowest BCUT2D eigenvalue weighted by Crippen LogP contribution is -2.35. The topological polar surface area (TPSA) is 84.0 Å². The number of nitrogens with zero attached hydrogens (tertiary/aromatic N) is 1. The van der Waals surface area contributed by atoms with Gasteiger partial charge in [-0.05, 0) is 36.4 Å². The smallest absolute Gasteiger partial charge is 0.328 e. The van der Waals surface area contributed by atoms with E-state index in [2.05, 4.69) is 10.3 Å². The Morgan fingerprint density at radius 2 is 1.96 bits per heavy atom. The number of halogens is 1. The Labute approximate surface area is 135 Å². The standard InChI is InChI=1S/C15H16FN3O3S/c16-11-2-4-12(5-3-11)23-9-1-7-17-14(21)10-19-8-6-13(20)18-15(19)22/h2-6,8H,1,7,9-10H2,(H,17,21)(H,18,20,22). The molecule has 2 rings (SSSR count). The highest BCUT2D eigenvalue weighted by Gasteiger charge is 2.04. The summed E-state index contributed by atoms with van der Waals surface area (Å²) in [6.07, 6.45) is 2.03. The molecule has 0 atom stereocenters. The van der Waals surface area contributed by atoms with Gasteiger partial charge in [0, 0.05) is 23.7 Å². The van der Waals surface area contributed by atoms with Crippen molar-refractivity contribution in [1.82, 2.24) is 14.9 Å². The second kappa shape index (κ2) is 8.33. The molecular formula is C15H16FN3O3S. The van der Waals surface area contributed by atoms with E-state index in [9.17, 15) is 18.8 Å². The van der Waals surface area contributed by atoms with E-state index in [1.807, 2.05) is 0 Å². The first-order chi connectivity index (χ1) is 11.0. The molecule has 0 saturated heterocycles. The number of H-pyrrole nitrogens is 1. The van der Waals surface area contributed by atoms with E-state index in [1.165, 1.54) is 24.4 Å². The quantitative estimate of drug-likeness (QED) is 0.583. The van der Waals surface area contributed by atoms with Crippen LogP contribution in [0.25, 0.3) is 0 Å². The lowest BCUT2D eigenvalue weighted by atomic mass is 10.4. The van der Waals surface area contributed by atoms with Crippen molar-refractivity contribution in [3.8, 4) is 0 Å². The fourth-order valence-electron chi connectivity index (χ4n) is 1.80. The molecule has 122 valence electrons. The average molecular weight is 337 g/mol. The van der Waals surface area contributed by atoms with Crippen LogP contribution < -0.4 is 16.6 Å². The molecule has 2 N–H and O–H groups in total. The molecule has 0 unspecified atom stereocenters. The maximum absolute atomic E-state index is 12.7. The van der Waals surface area contributed by atoms with Gasteiger partial charge < -0.3 is 5.32 Å². The van der Waals surface area contributed by atoms with Crippen LogP contribution in [0.15, 0.2) is 51.0 Å². The molecular weight excluding hydrogens is 321 g/mol. The third-order valence-corrected chi connectivity index (χ3v) is 4.03. The summed E-state index contributed by atoms with van der Waals surface area (Å²) in [5.74, 6) is 0.217. The highest BCUT2D eigenvalue weighted by Crippen LogP contribution is 2.18. The largest absolute Gasteiger partial charge is 0.355 e. The van der Waals surface area contributed by atoms with E-state index >= 15 is 0 Å². The predicted octanol–water partition coefficient (Wildman–Crippen LogP) is 0.974. The molecule has 0 radical (unpaired) electrons. The van der Waals surface area contributed by atoms with E-state index in [4.69, 9.17) is 0 Å². The van der Waals surface area contributed by atoms with Crippen molar-refractivity contribution >= 4 is 17.7 Å². The first-order valence-corrected chi connectivity index (χ1v) is 7.98. The van der Waals surface area contributed by atoms with Crippen LogP contribution in [-0.4, -0.2) is 27.8 Å². The minimum absolute atomic E-state index is 0.138. The maximum atomic E-state index is 12.7. The molecule has 1 heterocycles. The molecule has 1 aromatic heterocycles. The predicted molar refractivity (Wildman–Crippen MR) is 86.1 cm³/mol. The zero-order valence-corrected chi connectivity index (χ0v) is 13.1. The summed E-state index contributed by atoms with van der Waals surface area (Å²) < 4.78 is 13.9. The number of amides is 1. The van der Waals surface area contributed by atoms with Gasteiger partial charge in [-0.15, -0.1) is 11.8 Å². The lowest BCUT2D eigenvalue weighted by Gasteiger charge is -2.07. The number of aromatic nitrogens is 2. The van der Waals surface area contributed by atoms with Gasteiger partial charge in [0.2, 0.25) is 5.91 Å². The molecule has 6 nitrogen and oxygen atoms in total. The average Bonchev–Trinajstić information content (AvgIpc) is 2.51. The SMILES string of the molecule is O=C(Cn1ccc(=O)[nH]c1=O)NCCCSc1ccc(F)cc1. The van der Waals surface area contributed by atoms with Crippen molar-refractivity contribution in [3.63, 3.8) is 0 Å². The van der Waals surface area contributed by atoms with Crippen LogP contribution in [0.1, 0.15) is 6.42 Å². The fraction of sp³-hybridized carbons (Fsp3) is 0.267. The molecule has 1 amide bonds. The third kappa shape index (κ3) is 5.74. The molecule has 0 fully saturated rings. The van der Waals surface area contributed by atoms with Gasteiger partial charge in [-0.2, -0.15) is 0 Å². The summed E-state index contributed by atoms with van der Waals surface area (Å²) in [4.78, 5) is 37.1. The van der Waals surface area contributed by atoms with Gasteiger partial charge in [-0.1, -0.05) is 0 Å². The Bertz CT molecular complexity index is 771. The Hall–Kier alpha value is -2.35. The van der Waals surface area contributed by atoms with Crippen LogP contribution in [0.3, 0.4) is 0 Å². The normalized spacial score (nSPS) is 10.5. The van der Waals surface area contributed by atoms with Gasteiger partial charge in [-0.25, -0.2) is 9.18 Å². The molecule has 0 aliphatic rings. The Morgan fingerprint density at radius 3 is 2.65 bits per heavy atom. The molecule has 8 heteroatoms. The maximum Gasteiger partial charge on any atom is 0.328 e. The first kappa shape index (κ1) is 17.0. The van der Waals surface area contributed by atoms with Crippen LogP contribution in [0.5, 0.6) is 0 Å². The third-order valence-electron chi connectivity index (χ3n) is 2.94. The molecule has 23 heavy (non-hydrogen) atoms. The van der Waals surface area contributed by atoms with Crippen LogP contribution >= 0.6 is 11.8 Å². The summed E-state index contributed by atoms with van der Waals surface area (Å²) in [6.45, 7) is 0.339. The molecule has 1 aromatic carbocycles. The number of benzene rings is 1. The number of nitrogens with one attached hydrogen (secondary N) is 2. The summed E-state index contributed by atoms with van der Waals surface area (Å²) in [7, 11) is 0. The Balaban J connectivity index is 1.67. The highest BCUT2D eigenvalue weighted by atomic mass is 32.2. The van der Waals surface area contributed by atoms with Gasteiger partial charge >= 0.3 is 5.69 Å². The summed E-state index contributed by atoms with van der Waals surface area (Å²) in [5, 5.41) is 2.70.